The Morgan fingerprint density at radius 2 is 0.511 bits per heavy atom. The molecule has 0 aromatic heterocycles. The van der Waals surface area contributed by atoms with E-state index in [1.165, 1.54) is 180 Å². The third-order valence-electron chi connectivity index (χ3n) is 20.4. The molecule has 0 spiro atoms. The molecule has 0 radical (unpaired) electrons. The van der Waals surface area contributed by atoms with E-state index < -0.39 is 16.1 Å². The standard InChI is InChI=1S/C86H60Si2/c1-87(2)77-45-23-44-75-85-74-49-47-56(82-68-36-15-19-40-72(68)84(73-41-20-16-37-69(73)82)65-33-12-10-31-62(65)60-43-22-27-54-25-6-8-29-58(54)60)51-79(74)88(3,4)80(85)52-76(86(75)77)63-48-46-55(50-78(63)87)81-66-34-13-17-38-70(66)83(71-39-18-14-35-67(71)81)64-32-11-9-30-61(64)59-42-21-26-53-24-5-7-28-57(53)59/h5-52H,1-4H3. The Morgan fingerprint density at radius 3 is 0.977 bits per heavy atom. The van der Waals surface area contributed by atoms with E-state index in [4.69, 9.17) is 0 Å². The summed E-state index contributed by atoms with van der Waals surface area (Å²) in [5.74, 6) is 0. The fourth-order valence-electron chi connectivity index (χ4n) is 16.4. The first-order valence-electron chi connectivity index (χ1n) is 31.2. The predicted molar refractivity (Wildman–Crippen MR) is 386 cm³/mol. The van der Waals surface area contributed by atoms with Gasteiger partial charge in [0.05, 0.1) is 0 Å². The topological polar surface area (TPSA) is 0 Å². The molecule has 16 aromatic carbocycles. The van der Waals surface area contributed by atoms with Gasteiger partial charge in [-0.2, -0.15) is 0 Å². The van der Waals surface area contributed by atoms with Crippen LogP contribution in [0.3, 0.4) is 0 Å². The van der Waals surface area contributed by atoms with Crippen LogP contribution in [-0.2, 0) is 0 Å². The van der Waals surface area contributed by atoms with Crippen LogP contribution >= 0.6 is 0 Å². The molecule has 2 heterocycles. The fourth-order valence-corrected chi connectivity index (χ4v) is 22.6. The van der Waals surface area contributed by atoms with Gasteiger partial charge < -0.3 is 0 Å². The summed E-state index contributed by atoms with van der Waals surface area (Å²) in [7, 11) is -4.62. The van der Waals surface area contributed by atoms with Crippen molar-refractivity contribution in [1.29, 1.82) is 0 Å². The van der Waals surface area contributed by atoms with E-state index in [0.717, 1.165) is 0 Å². The molecule has 0 unspecified atom stereocenters. The molecule has 2 heteroatoms. The number of hydrogen-bond acceptors (Lipinski definition) is 0. The number of benzene rings is 16. The molecular formula is C86H60Si2. The minimum atomic E-state index is -2.31. The molecule has 0 saturated heterocycles. The summed E-state index contributed by atoms with van der Waals surface area (Å²) in [6.45, 7) is 10.4. The molecule has 16 aromatic rings. The zero-order valence-electron chi connectivity index (χ0n) is 49.7. The van der Waals surface area contributed by atoms with E-state index in [-0.39, 0.29) is 0 Å². The molecule has 0 atom stereocenters. The van der Waals surface area contributed by atoms with Crippen molar-refractivity contribution < 1.29 is 0 Å². The minimum Gasteiger partial charge on any atom is -0.0619 e. The molecule has 0 fully saturated rings. The van der Waals surface area contributed by atoms with Gasteiger partial charge in [0.25, 0.3) is 0 Å². The zero-order valence-corrected chi connectivity index (χ0v) is 51.7. The Labute approximate surface area is 515 Å². The maximum absolute atomic E-state index is 2.68. The van der Waals surface area contributed by atoms with E-state index in [1.54, 1.807) is 5.19 Å². The summed E-state index contributed by atoms with van der Waals surface area (Å²) < 4.78 is 0. The normalized spacial score (nSPS) is 13.6. The minimum absolute atomic E-state index is 1.25. The molecule has 412 valence electrons. The van der Waals surface area contributed by atoms with Crippen molar-refractivity contribution in [1.82, 2.24) is 0 Å². The van der Waals surface area contributed by atoms with E-state index >= 15 is 0 Å². The molecular weight excluding hydrogens is 1090 g/mol. The van der Waals surface area contributed by atoms with Crippen LogP contribution < -0.4 is 20.7 Å². The molecule has 0 bridgehead atoms. The first-order chi connectivity index (χ1) is 43.2. The van der Waals surface area contributed by atoms with Gasteiger partial charge >= 0.3 is 0 Å². The predicted octanol–water partition coefficient (Wildman–Crippen LogP) is 21.4. The molecule has 0 nitrogen and oxygen atoms in total. The van der Waals surface area contributed by atoms with Crippen LogP contribution in [-0.4, -0.2) is 16.1 Å². The maximum atomic E-state index is 2.68. The largest absolute Gasteiger partial charge is 0.113 e. The lowest BCUT2D eigenvalue weighted by atomic mass is 9.83. The monoisotopic (exact) mass is 1150 g/mol. The van der Waals surface area contributed by atoms with E-state index in [2.05, 4.69) is 317 Å². The second-order valence-electron chi connectivity index (χ2n) is 25.7. The third-order valence-corrected chi connectivity index (χ3v) is 27.5. The smallest absolute Gasteiger partial charge is 0.0619 e. The number of fused-ring (bicyclic) bond motifs is 12. The van der Waals surface area contributed by atoms with Crippen LogP contribution in [0.2, 0.25) is 26.2 Å². The van der Waals surface area contributed by atoms with Gasteiger partial charge in [0, 0.05) is 0 Å². The fraction of sp³-hybridized carbons (Fsp3) is 0.0465. The van der Waals surface area contributed by atoms with Crippen molar-refractivity contribution in [2.24, 2.45) is 0 Å². The summed E-state index contributed by atoms with van der Waals surface area (Å²) in [5.41, 5.74) is 21.0. The zero-order chi connectivity index (χ0) is 58.6. The number of rotatable bonds is 6. The van der Waals surface area contributed by atoms with Crippen LogP contribution in [0.4, 0.5) is 0 Å². The summed E-state index contributed by atoms with van der Waals surface area (Å²) in [6.07, 6.45) is 0. The van der Waals surface area contributed by atoms with Gasteiger partial charge in [-0.3, -0.25) is 0 Å². The maximum Gasteiger partial charge on any atom is 0.113 e. The SMILES string of the molecule is C[Si]1(C)c2cc(-c3c4ccccc4c(-c4ccccc4-c4cccc5ccccc45)c4ccccc34)ccc2-c2c1cc1c3c(cccc23)[Si](C)(C)c2cc(-c3c4ccccc4c(-c4ccccc4-c4cccc5ccccc45)c4ccccc34)ccc2-1. The Balaban J connectivity index is 0.789. The lowest BCUT2D eigenvalue weighted by Gasteiger charge is -2.35. The van der Waals surface area contributed by atoms with Crippen LogP contribution in [0.15, 0.2) is 291 Å². The van der Waals surface area contributed by atoms with Gasteiger partial charge in [0.2, 0.25) is 0 Å². The van der Waals surface area contributed by atoms with Gasteiger partial charge in [-0.05, 0) is 185 Å². The average Bonchev–Trinajstić information content (AvgIpc) is 1.46. The van der Waals surface area contributed by atoms with Gasteiger partial charge in [0.1, 0.15) is 16.1 Å². The molecule has 0 aliphatic carbocycles. The Bertz CT molecular complexity index is 5580. The van der Waals surface area contributed by atoms with Crippen molar-refractivity contribution in [3.05, 3.63) is 291 Å². The Hall–Kier alpha value is -10.2. The highest BCUT2D eigenvalue weighted by Gasteiger charge is 2.43. The van der Waals surface area contributed by atoms with Crippen molar-refractivity contribution in [3.63, 3.8) is 0 Å². The van der Waals surface area contributed by atoms with Crippen LogP contribution in [0.25, 0.3) is 164 Å². The quantitative estimate of drug-likeness (QED) is 0.115. The van der Waals surface area contributed by atoms with Crippen LogP contribution in [0, 0.1) is 0 Å². The molecule has 88 heavy (non-hydrogen) atoms. The molecule has 2 aliphatic rings. The summed E-state index contributed by atoms with van der Waals surface area (Å²) in [4.78, 5) is 0. The van der Waals surface area contributed by atoms with Crippen molar-refractivity contribution in [2.75, 3.05) is 0 Å². The highest BCUT2D eigenvalue weighted by atomic mass is 28.3. The molecule has 0 saturated carbocycles. The van der Waals surface area contributed by atoms with E-state index in [1.807, 2.05) is 0 Å². The van der Waals surface area contributed by atoms with Crippen LogP contribution in [0.1, 0.15) is 0 Å². The van der Waals surface area contributed by atoms with Crippen molar-refractivity contribution in [3.8, 4) is 89.0 Å². The first-order valence-corrected chi connectivity index (χ1v) is 37.2. The second-order valence-corrected chi connectivity index (χ2v) is 34.3. The molecule has 2 aliphatic heterocycles. The summed E-state index contributed by atoms with van der Waals surface area (Å²) in [6, 6.07) is 111. The molecule has 0 N–H and O–H groups in total. The highest BCUT2D eigenvalue weighted by molar-refractivity contribution is 7.05. The summed E-state index contributed by atoms with van der Waals surface area (Å²) in [5, 5.41) is 24.3. The average molecular weight is 1150 g/mol. The Kier molecular flexibility index (Phi) is 11.1. The third kappa shape index (κ3) is 7.25. The van der Waals surface area contributed by atoms with Crippen molar-refractivity contribution in [2.45, 2.75) is 26.2 Å². The van der Waals surface area contributed by atoms with E-state index in [0.29, 0.717) is 0 Å². The second kappa shape index (κ2) is 19.1. The number of hydrogen-bond donors (Lipinski definition) is 0. The highest BCUT2D eigenvalue weighted by Crippen LogP contribution is 2.51. The van der Waals surface area contributed by atoms with E-state index in [9.17, 15) is 0 Å². The first kappa shape index (κ1) is 51.0. The molecule has 0 amide bonds. The van der Waals surface area contributed by atoms with Gasteiger partial charge in [-0.25, -0.2) is 0 Å². The van der Waals surface area contributed by atoms with Gasteiger partial charge in [-0.15, -0.1) is 0 Å². The summed E-state index contributed by atoms with van der Waals surface area (Å²) >= 11 is 0. The van der Waals surface area contributed by atoms with Gasteiger partial charge in [0.15, 0.2) is 0 Å². The van der Waals surface area contributed by atoms with Crippen LogP contribution in [0.5, 0.6) is 0 Å². The lowest BCUT2D eigenvalue weighted by Crippen LogP contribution is -2.56. The van der Waals surface area contributed by atoms with Crippen molar-refractivity contribution >= 4 is 112 Å². The van der Waals surface area contributed by atoms with Gasteiger partial charge in [-0.1, -0.05) is 317 Å². The Morgan fingerprint density at radius 1 is 0.182 bits per heavy atom. The lowest BCUT2D eigenvalue weighted by molar-refractivity contribution is 1.62. The molecule has 18 rings (SSSR count).